The van der Waals surface area contributed by atoms with Crippen LogP contribution in [0.1, 0.15) is 43.7 Å². The Labute approximate surface area is 166 Å². The number of hydrogen-bond acceptors (Lipinski definition) is 5. The number of piperidine rings is 1. The Bertz CT molecular complexity index is 810. The maximum absolute atomic E-state index is 12.6. The molecule has 1 amide bonds. The molecule has 1 N–H and O–H groups in total. The third-order valence-electron chi connectivity index (χ3n) is 6.57. The third-order valence-corrected chi connectivity index (χ3v) is 7.28. The summed E-state index contributed by atoms with van der Waals surface area (Å²) in [6.45, 7) is 2.68. The van der Waals surface area contributed by atoms with Crippen molar-refractivity contribution in [2.24, 2.45) is 5.92 Å². The van der Waals surface area contributed by atoms with Crippen LogP contribution in [-0.4, -0.2) is 48.2 Å². The maximum Gasteiger partial charge on any atom is 0.410 e. The van der Waals surface area contributed by atoms with Crippen molar-refractivity contribution in [1.29, 1.82) is 0 Å². The number of fused-ring (bicyclic) bond motifs is 1. The number of nitrogens with zero attached hydrogens (tertiary/aromatic N) is 1. The molecule has 6 nitrogen and oxygen atoms in total. The Morgan fingerprint density at radius 1 is 1.48 bits per heavy atom. The summed E-state index contributed by atoms with van der Waals surface area (Å²) in [6.07, 6.45) is 2.65. The number of ether oxygens (including phenoxy) is 2. The van der Waals surface area contributed by atoms with Crippen molar-refractivity contribution in [3.8, 4) is 11.5 Å². The van der Waals surface area contributed by atoms with E-state index in [1.54, 1.807) is 6.07 Å². The predicted octanol–water partition coefficient (Wildman–Crippen LogP) is 3.56. The van der Waals surface area contributed by atoms with E-state index in [-0.39, 0.29) is 29.6 Å². The highest BCUT2D eigenvalue weighted by Gasteiger charge is 2.58. The summed E-state index contributed by atoms with van der Waals surface area (Å²) in [5.74, 6) is 0.906. The van der Waals surface area contributed by atoms with Gasteiger partial charge in [-0.3, -0.25) is 4.79 Å². The van der Waals surface area contributed by atoms with Crippen molar-refractivity contribution in [1.82, 2.24) is 4.90 Å². The van der Waals surface area contributed by atoms with Crippen molar-refractivity contribution in [3.05, 3.63) is 21.7 Å². The Balaban J connectivity index is 1.89. The van der Waals surface area contributed by atoms with Gasteiger partial charge in [-0.25, -0.2) is 4.79 Å². The summed E-state index contributed by atoms with van der Waals surface area (Å²) < 4.78 is 11.5. The van der Waals surface area contributed by atoms with Gasteiger partial charge < -0.3 is 19.5 Å². The van der Waals surface area contributed by atoms with E-state index in [4.69, 9.17) is 9.47 Å². The second-order valence-corrected chi connectivity index (χ2v) is 8.55. The molecular weight excluding hydrogens is 414 g/mol. The van der Waals surface area contributed by atoms with Gasteiger partial charge in [0.1, 0.15) is 5.78 Å². The average Bonchev–Trinajstić information content (AvgIpc) is 2.63. The zero-order valence-electron chi connectivity index (χ0n) is 15.6. The number of benzene rings is 1. The van der Waals surface area contributed by atoms with Gasteiger partial charge in [-0.2, -0.15) is 0 Å². The molecule has 27 heavy (non-hydrogen) atoms. The number of hydrogen-bond donors (Lipinski definition) is 1. The molecule has 2 bridgehead atoms. The number of carbonyl (C=O) groups is 2. The van der Waals surface area contributed by atoms with Crippen molar-refractivity contribution in [2.45, 2.75) is 50.5 Å². The van der Waals surface area contributed by atoms with E-state index in [0.717, 1.165) is 22.0 Å². The Morgan fingerprint density at radius 2 is 2.26 bits per heavy atom. The molecule has 7 heteroatoms. The molecule has 146 valence electrons. The minimum atomic E-state index is -0.447. The molecule has 1 saturated heterocycles. The van der Waals surface area contributed by atoms with Crippen LogP contribution < -0.4 is 4.74 Å². The molecule has 1 saturated carbocycles. The highest BCUT2D eigenvalue weighted by molar-refractivity contribution is 9.10. The van der Waals surface area contributed by atoms with Crippen molar-refractivity contribution in [2.75, 3.05) is 20.3 Å². The molecule has 2 unspecified atom stereocenters. The summed E-state index contributed by atoms with van der Waals surface area (Å²) in [5.41, 5.74) is 1.36. The molecule has 1 aromatic carbocycles. The normalized spacial score (nSPS) is 29.0. The van der Waals surface area contributed by atoms with E-state index in [1.165, 1.54) is 7.11 Å². The summed E-state index contributed by atoms with van der Waals surface area (Å²) in [4.78, 5) is 26.8. The first-order chi connectivity index (χ1) is 12.9. The molecule has 1 aromatic rings. The van der Waals surface area contributed by atoms with Gasteiger partial charge in [-0.1, -0.05) is 15.9 Å². The van der Waals surface area contributed by atoms with Crippen LogP contribution in [0.15, 0.2) is 10.5 Å². The predicted molar refractivity (Wildman–Crippen MR) is 102 cm³/mol. The van der Waals surface area contributed by atoms with Gasteiger partial charge in [0.25, 0.3) is 0 Å². The topological polar surface area (TPSA) is 76.1 Å². The summed E-state index contributed by atoms with van der Waals surface area (Å²) in [6, 6.07) is 1.74. The number of ketones is 1. The minimum Gasteiger partial charge on any atom is -0.504 e. The summed E-state index contributed by atoms with van der Waals surface area (Å²) in [5, 5.41) is 11.0. The first-order valence-electron chi connectivity index (χ1n) is 9.46. The average molecular weight is 438 g/mol. The van der Waals surface area contributed by atoms with Crippen LogP contribution >= 0.6 is 15.9 Å². The first-order valence-corrected chi connectivity index (χ1v) is 10.3. The van der Waals surface area contributed by atoms with Crippen LogP contribution in [0.25, 0.3) is 0 Å². The monoisotopic (exact) mass is 437 g/mol. The third kappa shape index (κ3) is 2.65. The molecule has 1 aliphatic heterocycles. The maximum atomic E-state index is 12.6. The first kappa shape index (κ1) is 18.6. The number of methoxy groups -OCH3 is 1. The van der Waals surface area contributed by atoms with Crippen molar-refractivity contribution in [3.63, 3.8) is 0 Å². The lowest BCUT2D eigenvalue weighted by Crippen LogP contribution is -2.63. The van der Waals surface area contributed by atoms with Gasteiger partial charge in [-0.15, -0.1) is 0 Å². The number of carbonyl (C=O) groups excluding carboxylic acids is 2. The largest absolute Gasteiger partial charge is 0.504 e. The second-order valence-electron chi connectivity index (χ2n) is 7.69. The van der Waals surface area contributed by atoms with Crippen LogP contribution in [0.3, 0.4) is 0 Å². The number of phenols is 1. The van der Waals surface area contributed by atoms with E-state index in [1.807, 2.05) is 11.8 Å². The number of amides is 1. The van der Waals surface area contributed by atoms with E-state index in [2.05, 4.69) is 15.9 Å². The SMILES string of the molecule is CCOC(=O)N1CC[C@@]23CC(=O)CCC2C1Cc1c(Br)cc(OC)c(O)c13. The fraction of sp³-hybridized carbons (Fsp3) is 0.600. The van der Waals surface area contributed by atoms with Gasteiger partial charge in [0.2, 0.25) is 0 Å². The van der Waals surface area contributed by atoms with E-state index >= 15 is 0 Å². The van der Waals surface area contributed by atoms with Crippen molar-refractivity contribution < 1.29 is 24.2 Å². The van der Waals surface area contributed by atoms with E-state index in [9.17, 15) is 14.7 Å². The lowest BCUT2D eigenvalue weighted by atomic mass is 9.52. The van der Waals surface area contributed by atoms with Crippen LogP contribution in [-0.2, 0) is 21.4 Å². The Hall–Kier alpha value is -1.76. The van der Waals surface area contributed by atoms with Gasteiger partial charge >= 0.3 is 6.09 Å². The summed E-state index contributed by atoms with van der Waals surface area (Å²) >= 11 is 3.62. The fourth-order valence-electron chi connectivity index (χ4n) is 5.54. The number of Topliss-reactive ketones (excluding diaryl/α,β-unsaturated/α-hetero) is 1. The molecule has 3 aliphatic rings. The standard InChI is InChI=1S/C20H24BrNO5/c1-3-27-19(25)22-7-6-20-10-11(23)4-5-13(20)15(22)8-12-14(21)9-16(26-2)18(24)17(12)20/h9,13,15,24H,3-8,10H2,1-2H3/t13?,15?,20-/m1/s1. The molecule has 1 heterocycles. The number of phenolic OH excluding ortho intramolecular Hbond substituents is 1. The molecule has 3 atom stereocenters. The highest BCUT2D eigenvalue weighted by atomic mass is 79.9. The molecule has 2 aliphatic carbocycles. The van der Waals surface area contributed by atoms with Crippen LogP contribution in [0.4, 0.5) is 4.79 Å². The van der Waals surface area contributed by atoms with Crippen LogP contribution in [0.5, 0.6) is 11.5 Å². The van der Waals surface area contributed by atoms with Crippen LogP contribution in [0.2, 0.25) is 0 Å². The Morgan fingerprint density at radius 3 is 2.96 bits per heavy atom. The minimum absolute atomic E-state index is 0.0255. The second kappa shape index (κ2) is 6.69. The van der Waals surface area contributed by atoms with Gasteiger partial charge in [0, 0.05) is 40.9 Å². The van der Waals surface area contributed by atoms with Gasteiger partial charge in [0.05, 0.1) is 13.7 Å². The number of halogens is 1. The quantitative estimate of drug-likeness (QED) is 0.765. The Kier molecular flexibility index (Phi) is 4.61. The number of aromatic hydroxyl groups is 1. The molecule has 0 aromatic heterocycles. The number of rotatable bonds is 2. The van der Waals surface area contributed by atoms with Crippen molar-refractivity contribution >= 4 is 27.8 Å². The molecule has 4 rings (SSSR count). The fourth-order valence-corrected chi connectivity index (χ4v) is 6.11. The van der Waals surface area contributed by atoms with Crippen LogP contribution in [0, 0.1) is 5.92 Å². The van der Waals surface area contributed by atoms with Gasteiger partial charge in [0.15, 0.2) is 11.5 Å². The van der Waals surface area contributed by atoms with Gasteiger partial charge in [-0.05, 0) is 43.7 Å². The smallest absolute Gasteiger partial charge is 0.410 e. The zero-order chi connectivity index (χ0) is 19.3. The highest BCUT2D eigenvalue weighted by Crippen LogP contribution is 2.59. The molecule has 0 radical (unpaired) electrons. The van der Waals surface area contributed by atoms with E-state index < -0.39 is 5.41 Å². The molecular formula is C20H24BrNO5. The lowest BCUT2D eigenvalue weighted by molar-refractivity contribution is -0.126. The molecule has 2 fully saturated rings. The molecule has 0 spiro atoms. The van der Waals surface area contributed by atoms with E-state index in [0.29, 0.717) is 44.6 Å². The summed E-state index contributed by atoms with van der Waals surface area (Å²) in [7, 11) is 1.53. The zero-order valence-corrected chi connectivity index (χ0v) is 17.2. The lowest BCUT2D eigenvalue weighted by Gasteiger charge is -2.58. The number of likely N-dealkylation sites (tertiary alicyclic amines) is 1.